The highest BCUT2D eigenvalue weighted by Crippen LogP contribution is 2.55. The molecule has 0 aliphatic rings. The first-order valence-electron chi connectivity index (χ1n) is 7.52. The van der Waals surface area contributed by atoms with Crippen molar-refractivity contribution < 1.29 is 29.5 Å². The molecular formula is C12H6N8O12. The fourth-order valence-corrected chi connectivity index (χ4v) is 2.84. The van der Waals surface area contributed by atoms with Crippen molar-refractivity contribution in [2.24, 2.45) is 0 Å². The Morgan fingerprint density at radius 2 is 0.938 bits per heavy atom. The topological polar surface area (TPSA) is 311 Å². The predicted octanol–water partition coefficient (Wildman–Crippen LogP) is 1.97. The van der Waals surface area contributed by atoms with Gasteiger partial charge in [0.1, 0.15) is 5.69 Å². The van der Waals surface area contributed by atoms with Gasteiger partial charge in [0.2, 0.25) is 0 Å². The average molecular weight is 454 g/mol. The van der Waals surface area contributed by atoms with Crippen LogP contribution in [0.5, 0.6) is 0 Å². The first kappa shape index (κ1) is 22.7. The first-order valence-corrected chi connectivity index (χ1v) is 7.52. The predicted molar refractivity (Wildman–Crippen MR) is 101 cm³/mol. The molecule has 0 fully saturated rings. The monoisotopic (exact) mass is 454 g/mol. The van der Waals surface area contributed by atoms with Crippen molar-refractivity contribution in [1.29, 1.82) is 0 Å². The third kappa shape index (κ3) is 3.34. The Hall–Kier alpha value is -5.56. The molecular weight excluding hydrogens is 448 g/mol. The molecule has 32 heavy (non-hydrogen) atoms. The standard InChI is InChI=1S/C12H6N8O12/c13-6-5(10(18(27)28)12(20(31)32)11(7(6)14)19(29)30)3-1-2-4(15(21)22)9(17(25)26)8(3)16(23)24/h1-2H,13-14H2. The number of anilines is 2. The number of benzene rings is 2. The second-order valence-electron chi connectivity index (χ2n) is 5.62. The Balaban J connectivity index is 3.30. The quantitative estimate of drug-likeness (QED) is 0.343. The zero-order valence-electron chi connectivity index (χ0n) is 14.9. The van der Waals surface area contributed by atoms with Gasteiger partial charge < -0.3 is 11.5 Å². The molecule has 0 aliphatic carbocycles. The van der Waals surface area contributed by atoms with Crippen molar-refractivity contribution >= 4 is 45.5 Å². The molecule has 4 N–H and O–H groups in total. The van der Waals surface area contributed by atoms with E-state index in [0.29, 0.717) is 12.1 Å². The Morgan fingerprint density at radius 1 is 0.500 bits per heavy atom. The van der Waals surface area contributed by atoms with E-state index in [2.05, 4.69) is 0 Å². The van der Waals surface area contributed by atoms with Crippen LogP contribution in [0.15, 0.2) is 12.1 Å². The zero-order valence-corrected chi connectivity index (χ0v) is 14.9. The molecule has 0 saturated carbocycles. The van der Waals surface area contributed by atoms with Gasteiger partial charge in [-0.3, -0.25) is 60.7 Å². The molecule has 0 bridgehead atoms. The van der Waals surface area contributed by atoms with Crippen molar-refractivity contribution in [1.82, 2.24) is 0 Å². The Kier molecular flexibility index (Phi) is 5.46. The van der Waals surface area contributed by atoms with Crippen LogP contribution < -0.4 is 11.5 Å². The summed E-state index contributed by atoms with van der Waals surface area (Å²) < 4.78 is 0. The third-order valence-corrected chi connectivity index (χ3v) is 4.01. The molecule has 0 atom stereocenters. The van der Waals surface area contributed by atoms with E-state index in [4.69, 9.17) is 11.5 Å². The van der Waals surface area contributed by atoms with E-state index < -0.39 is 86.2 Å². The zero-order chi connectivity index (χ0) is 24.7. The minimum Gasteiger partial charge on any atom is -0.396 e. The summed E-state index contributed by atoms with van der Waals surface area (Å²) in [6.45, 7) is 0. The summed E-state index contributed by atoms with van der Waals surface area (Å²) in [4.78, 5) is 59.3. The molecule has 0 saturated heterocycles. The minimum atomic E-state index is -1.81. The molecule has 0 aromatic heterocycles. The number of nitro benzene ring substituents is 6. The van der Waals surface area contributed by atoms with E-state index in [0.717, 1.165) is 0 Å². The van der Waals surface area contributed by atoms with Gasteiger partial charge >= 0.3 is 34.1 Å². The van der Waals surface area contributed by atoms with E-state index >= 15 is 0 Å². The molecule has 0 unspecified atom stereocenters. The van der Waals surface area contributed by atoms with Crippen LogP contribution in [-0.2, 0) is 0 Å². The molecule has 2 aromatic carbocycles. The van der Waals surface area contributed by atoms with Crippen molar-refractivity contribution in [3.63, 3.8) is 0 Å². The Labute approximate surface area is 171 Å². The van der Waals surface area contributed by atoms with E-state index in [1.54, 1.807) is 0 Å². The first-order chi connectivity index (χ1) is 14.7. The molecule has 166 valence electrons. The number of rotatable bonds is 7. The maximum Gasteiger partial charge on any atom is 0.425 e. The lowest BCUT2D eigenvalue weighted by molar-refractivity contribution is -0.441. The highest BCUT2D eigenvalue weighted by Gasteiger charge is 2.47. The largest absolute Gasteiger partial charge is 0.425 e. The molecule has 0 heterocycles. The van der Waals surface area contributed by atoms with Crippen molar-refractivity contribution in [2.45, 2.75) is 0 Å². The SMILES string of the molecule is Nc1c(N)c([N+](=O)[O-])c([N+](=O)[O-])c([N+](=O)[O-])c1-c1ccc([N+](=O)[O-])c([N+](=O)[O-])c1[N+](=O)[O-]. The summed E-state index contributed by atoms with van der Waals surface area (Å²) >= 11 is 0. The number of nitrogens with zero attached hydrogens (tertiary/aromatic N) is 6. The van der Waals surface area contributed by atoms with Gasteiger partial charge in [0.25, 0.3) is 0 Å². The van der Waals surface area contributed by atoms with Crippen LogP contribution >= 0.6 is 0 Å². The Bertz CT molecular complexity index is 1270. The number of nitro groups is 6. The second kappa shape index (κ2) is 7.69. The number of nitrogen functional groups attached to an aromatic ring is 2. The van der Waals surface area contributed by atoms with E-state index in [9.17, 15) is 60.7 Å². The van der Waals surface area contributed by atoms with Gasteiger partial charge in [0, 0.05) is 6.07 Å². The summed E-state index contributed by atoms with van der Waals surface area (Å²) in [5, 5.41) is 68.2. The fraction of sp³-hybridized carbons (Fsp3) is 0. The second-order valence-corrected chi connectivity index (χ2v) is 5.62. The number of hydrogen-bond donors (Lipinski definition) is 2. The normalized spacial score (nSPS) is 10.4. The molecule has 2 rings (SSSR count). The van der Waals surface area contributed by atoms with Crippen LogP contribution in [0, 0.1) is 60.7 Å². The third-order valence-electron chi connectivity index (χ3n) is 4.01. The summed E-state index contributed by atoms with van der Waals surface area (Å²) in [7, 11) is 0. The summed E-state index contributed by atoms with van der Waals surface area (Å²) in [5.41, 5.74) is -3.62. The highest BCUT2D eigenvalue weighted by molar-refractivity contribution is 6.04. The van der Waals surface area contributed by atoms with E-state index in [1.165, 1.54) is 0 Å². The summed E-state index contributed by atoms with van der Waals surface area (Å²) in [5.74, 6) is 0. The van der Waals surface area contributed by atoms with Gasteiger partial charge in [0.05, 0.1) is 46.4 Å². The van der Waals surface area contributed by atoms with Crippen LogP contribution in [0.2, 0.25) is 0 Å². The summed E-state index contributed by atoms with van der Waals surface area (Å²) in [6, 6.07) is 0.810. The minimum absolute atomic E-state index is 0.368. The van der Waals surface area contributed by atoms with E-state index in [-0.39, 0.29) is 0 Å². The molecule has 0 radical (unpaired) electrons. The van der Waals surface area contributed by atoms with Crippen molar-refractivity contribution in [3.8, 4) is 11.1 Å². The van der Waals surface area contributed by atoms with Crippen LogP contribution in [-0.4, -0.2) is 29.5 Å². The lowest BCUT2D eigenvalue weighted by Gasteiger charge is -2.11. The van der Waals surface area contributed by atoms with Gasteiger partial charge in [-0.2, -0.15) is 0 Å². The van der Waals surface area contributed by atoms with Crippen molar-refractivity contribution in [3.05, 3.63) is 72.8 Å². The lowest BCUT2D eigenvalue weighted by atomic mass is 9.95. The number of nitrogens with two attached hydrogens (primary N) is 2. The molecule has 0 aliphatic heterocycles. The van der Waals surface area contributed by atoms with Crippen LogP contribution in [0.1, 0.15) is 0 Å². The van der Waals surface area contributed by atoms with Gasteiger partial charge in [-0.15, -0.1) is 0 Å². The average Bonchev–Trinajstić information content (AvgIpc) is 2.67. The van der Waals surface area contributed by atoms with Gasteiger partial charge in [0.15, 0.2) is 0 Å². The van der Waals surface area contributed by atoms with Gasteiger partial charge in [-0.05, 0) is 6.07 Å². The number of hydrogen-bond acceptors (Lipinski definition) is 14. The van der Waals surface area contributed by atoms with Crippen LogP contribution in [0.3, 0.4) is 0 Å². The fourth-order valence-electron chi connectivity index (χ4n) is 2.84. The molecule has 0 amide bonds. The molecule has 0 spiro atoms. The van der Waals surface area contributed by atoms with E-state index in [1.807, 2.05) is 0 Å². The Morgan fingerprint density at radius 3 is 1.31 bits per heavy atom. The lowest BCUT2D eigenvalue weighted by Crippen LogP contribution is -2.11. The highest BCUT2D eigenvalue weighted by atomic mass is 16.7. The maximum absolute atomic E-state index is 11.6. The van der Waals surface area contributed by atoms with Crippen LogP contribution in [0.4, 0.5) is 45.5 Å². The smallest absolute Gasteiger partial charge is 0.396 e. The molecule has 20 nitrogen and oxygen atoms in total. The summed E-state index contributed by atoms with van der Waals surface area (Å²) in [6.07, 6.45) is 0. The molecule has 2 aromatic rings. The van der Waals surface area contributed by atoms with Gasteiger partial charge in [-0.25, -0.2) is 0 Å². The van der Waals surface area contributed by atoms with Gasteiger partial charge in [-0.1, -0.05) is 0 Å². The van der Waals surface area contributed by atoms with Crippen molar-refractivity contribution in [2.75, 3.05) is 11.5 Å². The van der Waals surface area contributed by atoms with Crippen LogP contribution in [0.25, 0.3) is 11.1 Å². The molecule has 20 heteroatoms. The maximum atomic E-state index is 11.6.